The zero-order chi connectivity index (χ0) is 12.8. The zero-order valence-electron chi connectivity index (χ0n) is 12.4. The molecule has 3 heteroatoms. The summed E-state index contributed by atoms with van der Waals surface area (Å²) in [4.78, 5) is 1.02. The van der Waals surface area contributed by atoms with Gasteiger partial charge in [-0.05, 0) is 32.7 Å². The molecule has 0 amide bonds. The van der Waals surface area contributed by atoms with E-state index in [2.05, 4.69) is 0 Å². The summed E-state index contributed by atoms with van der Waals surface area (Å²) in [5.74, 6) is -2.58. The Kier molecular flexibility index (Phi) is 1.83. The van der Waals surface area contributed by atoms with E-state index in [-0.39, 0.29) is 19.0 Å². The largest absolute Gasteiger partial charge is 0.303 e. The van der Waals surface area contributed by atoms with Crippen LogP contribution in [0.4, 0.5) is 0 Å². The lowest BCUT2D eigenvalue weighted by molar-refractivity contribution is 0.305. The number of hydrogen-bond acceptors (Lipinski definition) is 1. The summed E-state index contributed by atoms with van der Waals surface area (Å²) in [7, 11) is 0. The van der Waals surface area contributed by atoms with Gasteiger partial charge in [0.05, 0.1) is 0 Å². The van der Waals surface area contributed by atoms with Gasteiger partial charge in [-0.2, -0.15) is 0 Å². The van der Waals surface area contributed by atoms with Gasteiger partial charge in [-0.25, -0.2) is 0 Å². The van der Waals surface area contributed by atoms with E-state index in [0.29, 0.717) is 12.8 Å². The maximum atomic E-state index is 7.65. The minimum absolute atomic E-state index is 0. The molecule has 1 aliphatic heterocycles. The van der Waals surface area contributed by atoms with Crippen LogP contribution in [-0.4, -0.2) is 30.3 Å². The molecule has 0 saturated carbocycles. The fraction of sp³-hybridized carbons (Fsp3) is 1.00. The van der Waals surface area contributed by atoms with Crippen LogP contribution in [0.2, 0.25) is 0 Å². The topological polar surface area (TPSA) is 3.24 Å². The highest BCUT2D eigenvalue weighted by Gasteiger charge is 2.19. The molecule has 1 fully saturated rings. The molecule has 0 N–H and O–H groups in total. The van der Waals surface area contributed by atoms with Crippen molar-refractivity contribution in [3.63, 3.8) is 0 Å². The second-order valence-electron chi connectivity index (χ2n) is 2.09. The lowest BCUT2D eigenvalue weighted by Crippen LogP contribution is -2.24. The molecular formula is C7H15Cl2N. The van der Waals surface area contributed by atoms with Crippen molar-refractivity contribution in [1.29, 1.82) is 0 Å². The van der Waals surface area contributed by atoms with Gasteiger partial charge in [-0.15, -0.1) is 24.0 Å². The summed E-state index contributed by atoms with van der Waals surface area (Å²) in [6, 6.07) is -1.01. The van der Waals surface area contributed by atoms with Crippen LogP contribution in [0.3, 0.4) is 0 Å². The number of likely N-dealkylation sites (tertiary alicyclic amines) is 1. The van der Waals surface area contributed by atoms with Gasteiger partial charge >= 0.3 is 0 Å². The number of nitrogens with zero attached hydrogens (tertiary/aromatic N) is 1. The minimum atomic E-state index is -2.58. The average molecular weight is 191 g/mol. The summed E-state index contributed by atoms with van der Waals surface area (Å²) in [5.41, 5.74) is 0. The Morgan fingerprint density at radius 1 is 1.90 bits per heavy atom. The lowest BCUT2D eigenvalue weighted by Gasteiger charge is -2.17. The van der Waals surface area contributed by atoms with E-state index in [4.69, 9.17) is 21.2 Å². The molecule has 0 aromatic carbocycles. The second-order valence-corrected chi connectivity index (χ2v) is 2.28. The van der Waals surface area contributed by atoms with Crippen LogP contribution in [0.25, 0.3) is 0 Å². The zero-order valence-corrected chi connectivity index (χ0v) is 7.00. The van der Waals surface area contributed by atoms with Crippen LogP contribution in [-0.2, 0) is 0 Å². The van der Waals surface area contributed by atoms with Crippen molar-refractivity contribution in [3.05, 3.63) is 0 Å². The number of rotatable bonds is 2. The van der Waals surface area contributed by atoms with Crippen LogP contribution < -0.4 is 0 Å². The van der Waals surface area contributed by atoms with Gasteiger partial charge in [0.2, 0.25) is 0 Å². The molecule has 0 spiro atoms. The second kappa shape index (κ2) is 5.22. The molecule has 0 aromatic rings. The molecule has 1 rings (SSSR count). The Morgan fingerprint density at radius 2 is 2.70 bits per heavy atom. The molecule has 1 nitrogen and oxygen atoms in total. The van der Waals surface area contributed by atoms with E-state index in [1.807, 2.05) is 0 Å². The van der Waals surface area contributed by atoms with Crippen LogP contribution in [0.1, 0.15) is 28.8 Å². The third-order valence-electron chi connectivity index (χ3n) is 1.47. The molecular weight excluding hydrogens is 169 g/mol. The first-order valence-corrected chi connectivity index (χ1v) is 3.31. The van der Waals surface area contributed by atoms with Crippen molar-refractivity contribution in [1.82, 2.24) is 4.90 Å². The quantitative estimate of drug-likeness (QED) is 0.604. The first-order chi connectivity index (χ1) is 6.98. The van der Waals surface area contributed by atoms with Crippen molar-refractivity contribution < 1.29 is 9.60 Å². The monoisotopic (exact) mass is 190 g/mol. The minimum Gasteiger partial charge on any atom is -0.303 e. The van der Waals surface area contributed by atoms with Gasteiger partial charge < -0.3 is 4.90 Å². The standard InChI is InChI=1S/C7H14ClN.ClH/c1-9-6-2-3-7(9)4-5-8;/h7H,2-6H2,1H3;1H/t7-;/m1./s1/i1D3,4D2,5D2;. The molecule has 62 valence electrons. The molecule has 10 heavy (non-hydrogen) atoms. The first-order valence-electron chi connectivity index (χ1n) is 6.43. The molecule has 0 bridgehead atoms. The Hall–Kier alpha value is 0.540. The SMILES string of the molecule is Cl.[2H]C([2H])([2H])N1CCC[C@@H]1C([2H])([2H])C([2H])([2H])Cl. The molecule has 1 heterocycles. The Balaban J connectivity index is 0.00000256. The van der Waals surface area contributed by atoms with Crippen molar-refractivity contribution >= 4 is 24.0 Å². The van der Waals surface area contributed by atoms with Crippen molar-refractivity contribution in [3.8, 4) is 0 Å². The van der Waals surface area contributed by atoms with E-state index < -0.39 is 25.2 Å². The Morgan fingerprint density at radius 3 is 3.30 bits per heavy atom. The molecule has 1 aliphatic rings. The summed E-state index contributed by atoms with van der Waals surface area (Å²) < 4.78 is 51.6. The van der Waals surface area contributed by atoms with Gasteiger partial charge in [0.15, 0.2) is 0 Å². The third-order valence-corrected chi connectivity index (χ3v) is 1.58. The highest BCUT2D eigenvalue weighted by atomic mass is 35.5. The van der Waals surface area contributed by atoms with Crippen LogP contribution in [0, 0.1) is 0 Å². The van der Waals surface area contributed by atoms with Crippen LogP contribution in [0.15, 0.2) is 0 Å². The van der Waals surface area contributed by atoms with Crippen LogP contribution in [0.5, 0.6) is 0 Å². The summed E-state index contributed by atoms with van der Waals surface area (Å²) in [6.45, 7) is -2.16. The number of hydrogen-bond donors (Lipinski definition) is 0. The molecule has 1 atom stereocenters. The highest BCUT2D eigenvalue weighted by molar-refractivity contribution is 6.17. The third kappa shape index (κ3) is 2.65. The predicted octanol–water partition coefficient (Wildman–Crippen LogP) is 2.13. The van der Waals surface area contributed by atoms with Gasteiger partial charge in [-0.3, -0.25) is 0 Å². The van der Waals surface area contributed by atoms with Crippen molar-refractivity contribution in [2.24, 2.45) is 0 Å². The summed E-state index contributed by atoms with van der Waals surface area (Å²) in [5, 5.41) is 0. The van der Waals surface area contributed by atoms with E-state index in [1.54, 1.807) is 0 Å². The summed E-state index contributed by atoms with van der Waals surface area (Å²) >= 11 is 5.37. The van der Waals surface area contributed by atoms with Gasteiger partial charge in [0.25, 0.3) is 0 Å². The fourth-order valence-corrected chi connectivity index (χ4v) is 1.11. The van der Waals surface area contributed by atoms with E-state index in [9.17, 15) is 0 Å². The van der Waals surface area contributed by atoms with Gasteiger partial charge in [-0.1, -0.05) is 0 Å². The number of halogens is 2. The smallest absolute Gasteiger partial charge is 0.0436 e. The number of alkyl halides is 1. The molecule has 0 unspecified atom stereocenters. The molecule has 0 radical (unpaired) electrons. The van der Waals surface area contributed by atoms with Gasteiger partial charge in [0.1, 0.15) is 0 Å². The van der Waals surface area contributed by atoms with E-state index >= 15 is 0 Å². The molecule has 0 aromatic heterocycles. The van der Waals surface area contributed by atoms with E-state index in [0.717, 1.165) is 4.90 Å². The highest BCUT2D eigenvalue weighted by Crippen LogP contribution is 2.17. The normalized spacial score (nSPS) is 40.9. The van der Waals surface area contributed by atoms with E-state index in [1.165, 1.54) is 0 Å². The Labute approximate surface area is 84.0 Å². The van der Waals surface area contributed by atoms with Crippen LogP contribution >= 0.6 is 24.0 Å². The van der Waals surface area contributed by atoms with Gasteiger partial charge in [0, 0.05) is 21.5 Å². The molecule has 0 aliphatic carbocycles. The Bertz CT molecular complexity index is 262. The average Bonchev–Trinajstić information content (AvgIpc) is 2.47. The summed E-state index contributed by atoms with van der Waals surface area (Å²) in [6.07, 6.45) is -1.55. The fourth-order valence-electron chi connectivity index (χ4n) is 0.980. The van der Waals surface area contributed by atoms with Crippen molar-refractivity contribution in [2.75, 3.05) is 19.4 Å². The van der Waals surface area contributed by atoms with Crippen molar-refractivity contribution in [2.45, 2.75) is 25.3 Å². The lowest BCUT2D eigenvalue weighted by atomic mass is 10.2. The maximum Gasteiger partial charge on any atom is 0.0436 e. The predicted molar refractivity (Wildman–Crippen MR) is 48.2 cm³/mol. The first kappa shape index (κ1) is 3.51. The maximum absolute atomic E-state index is 7.65. The molecule has 1 saturated heterocycles.